The highest BCUT2D eigenvalue weighted by Gasteiger charge is 2.06. The molecule has 0 spiro atoms. The zero-order valence-electron chi connectivity index (χ0n) is 10.7. The van der Waals surface area contributed by atoms with Gasteiger partial charge in [0.05, 0.1) is 12.1 Å². The number of nitrogens with two attached hydrogens (primary N) is 1. The van der Waals surface area contributed by atoms with Gasteiger partial charge in [-0.15, -0.1) is 0 Å². The number of fused-ring (bicyclic) bond motifs is 1. The lowest BCUT2D eigenvalue weighted by atomic mass is 10.1. The second-order valence-corrected chi connectivity index (χ2v) is 5.10. The van der Waals surface area contributed by atoms with Crippen molar-refractivity contribution in [1.29, 1.82) is 0 Å². The number of pyridine rings is 1. The van der Waals surface area contributed by atoms with Crippen molar-refractivity contribution < 1.29 is 0 Å². The van der Waals surface area contributed by atoms with Crippen molar-refractivity contribution >= 4 is 28.2 Å². The molecule has 0 aliphatic heterocycles. The molecule has 2 aromatic carbocycles. The Balaban J connectivity index is 2.17. The van der Waals surface area contributed by atoms with E-state index in [0.29, 0.717) is 17.3 Å². The molecule has 0 atom stereocenters. The highest BCUT2D eigenvalue weighted by molar-refractivity contribution is 6.30. The normalized spacial score (nSPS) is 10.8. The van der Waals surface area contributed by atoms with Crippen molar-refractivity contribution in [3.63, 3.8) is 0 Å². The minimum atomic E-state index is -0.0527. The van der Waals surface area contributed by atoms with Crippen molar-refractivity contribution in [3.05, 3.63) is 75.5 Å². The third-order valence-electron chi connectivity index (χ3n) is 3.33. The van der Waals surface area contributed by atoms with Crippen LogP contribution in [-0.4, -0.2) is 4.57 Å². The molecule has 3 rings (SSSR count). The molecule has 0 unspecified atom stereocenters. The van der Waals surface area contributed by atoms with Gasteiger partial charge >= 0.3 is 0 Å². The average Bonchev–Trinajstić information content (AvgIpc) is 2.46. The second kappa shape index (κ2) is 5.02. The summed E-state index contributed by atoms with van der Waals surface area (Å²) in [7, 11) is 0. The largest absolute Gasteiger partial charge is 0.398 e. The van der Waals surface area contributed by atoms with Crippen LogP contribution < -0.4 is 11.3 Å². The number of hydrogen-bond acceptors (Lipinski definition) is 2. The summed E-state index contributed by atoms with van der Waals surface area (Å²) in [6.07, 6.45) is 0. The van der Waals surface area contributed by atoms with Crippen LogP contribution in [0.1, 0.15) is 5.56 Å². The standard InChI is InChI=1S/C16H13ClN2O/c17-13-6-7-14(18)12(9-13)10-19-15-4-2-1-3-11(15)5-8-16(19)20/h1-9H,10,18H2. The molecule has 2 N–H and O–H groups in total. The zero-order chi connectivity index (χ0) is 14.1. The summed E-state index contributed by atoms with van der Waals surface area (Å²) in [4.78, 5) is 12.1. The molecule has 1 aromatic heterocycles. The van der Waals surface area contributed by atoms with Crippen molar-refractivity contribution in [2.45, 2.75) is 6.54 Å². The van der Waals surface area contributed by atoms with Crippen molar-refractivity contribution in [2.75, 3.05) is 5.73 Å². The van der Waals surface area contributed by atoms with E-state index in [1.807, 2.05) is 30.3 Å². The maximum Gasteiger partial charge on any atom is 0.251 e. The Kier molecular flexibility index (Phi) is 3.20. The number of aromatic nitrogens is 1. The smallest absolute Gasteiger partial charge is 0.251 e. The van der Waals surface area contributed by atoms with E-state index in [-0.39, 0.29) is 5.56 Å². The first-order chi connectivity index (χ1) is 9.65. The van der Waals surface area contributed by atoms with E-state index in [2.05, 4.69) is 0 Å². The number of nitrogens with zero attached hydrogens (tertiary/aromatic N) is 1. The Morgan fingerprint density at radius 3 is 2.70 bits per heavy atom. The molecule has 1 heterocycles. The first-order valence-corrected chi connectivity index (χ1v) is 6.65. The summed E-state index contributed by atoms with van der Waals surface area (Å²) in [6, 6.07) is 16.5. The second-order valence-electron chi connectivity index (χ2n) is 4.66. The zero-order valence-corrected chi connectivity index (χ0v) is 11.5. The minimum absolute atomic E-state index is 0.0527. The van der Waals surface area contributed by atoms with Crippen molar-refractivity contribution in [2.24, 2.45) is 0 Å². The molecule has 0 saturated heterocycles. The number of para-hydroxylation sites is 1. The molecule has 0 fully saturated rings. The van der Waals surface area contributed by atoms with Gasteiger partial charge in [-0.3, -0.25) is 4.79 Å². The van der Waals surface area contributed by atoms with Gasteiger partial charge in [-0.25, -0.2) is 0 Å². The number of halogens is 1. The fourth-order valence-corrected chi connectivity index (χ4v) is 2.48. The van der Waals surface area contributed by atoms with E-state index in [9.17, 15) is 4.79 Å². The number of anilines is 1. The Morgan fingerprint density at radius 2 is 1.85 bits per heavy atom. The monoisotopic (exact) mass is 284 g/mol. The molecule has 0 aliphatic rings. The van der Waals surface area contributed by atoms with Crippen molar-refractivity contribution in [3.8, 4) is 0 Å². The Hall–Kier alpha value is -2.26. The highest BCUT2D eigenvalue weighted by atomic mass is 35.5. The fraction of sp³-hybridized carbons (Fsp3) is 0.0625. The van der Waals surface area contributed by atoms with E-state index >= 15 is 0 Å². The molecule has 3 nitrogen and oxygen atoms in total. The predicted octanol–water partition coefficient (Wildman–Crippen LogP) is 3.29. The highest BCUT2D eigenvalue weighted by Crippen LogP contribution is 2.20. The molecular formula is C16H13ClN2O. The van der Waals surface area contributed by atoms with Gasteiger partial charge in [0.25, 0.3) is 5.56 Å². The molecule has 3 aromatic rings. The summed E-state index contributed by atoms with van der Waals surface area (Å²) in [5.74, 6) is 0. The molecule has 0 radical (unpaired) electrons. The molecule has 0 aliphatic carbocycles. The van der Waals surface area contributed by atoms with Crippen LogP contribution in [0, 0.1) is 0 Å². The van der Waals surface area contributed by atoms with Gasteiger partial charge in [-0.2, -0.15) is 0 Å². The lowest BCUT2D eigenvalue weighted by Gasteiger charge is -2.12. The van der Waals surface area contributed by atoms with Crippen LogP contribution in [0.4, 0.5) is 5.69 Å². The third-order valence-corrected chi connectivity index (χ3v) is 3.57. The number of hydrogen-bond donors (Lipinski definition) is 1. The fourth-order valence-electron chi connectivity index (χ4n) is 2.29. The van der Waals surface area contributed by atoms with Crippen LogP contribution in [0.15, 0.2) is 59.4 Å². The maximum atomic E-state index is 12.1. The SMILES string of the molecule is Nc1ccc(Cl)cc1Cn1c(=O)ccc2ccccc21. The number of rotatable bonds is 2. The summed E-state index contributed by atoms with van der Waals surface area (Å²) in [5.41, 5.74) is 8.27. The molecule has 100 valence electrons. The molecule has 0 saturated carbocycles. The number of nitrogen functional groups attached to an aromatic ring is 1. The third kappa shape index (κ3) is 2.28. The predicted molar refractivity (Wildman–Crippen MR) is 83.2 cm³/mol. The van der Waals surface area contributed by atoms with Crippen LogP contribution >= 0.6 is 11.6 Å². The van der Waals surface area contributed by atoms with Crippen LogP contribution in [0.3, 0.4) is 0 Å². The quantitative estimate of drug-likeness (QED) is 0.734. The Bertz CT molecular complexity index is 839. The van der Waals surface area contributed by atoms with Gasteiger partial charge in [-0.05, 0) is 41.3 Å². The lowest BCUT2D eigenvalue weighted by Crippen LogP contribution is -2.20. The summed E-state index contributed by atoms with van der Waals surface area (Å²) in [5, 5.41) is 1.63. The summed E-state index contributed by atoms with van der Waals surface area (Å²) < 4.78 is 1.71. The van der Waals surface area contributed by atoms with Gasteiger partial charge in [0.1, 0.15) is 0 Å². The van der Waals surface area contributed by atoms with Crippen LogP contribution in [0.25, 0.3) is 10.9 Å². The van der Waals surface area contributed by atoms with Gasteiger partial charge in [0, 0.05) is 16.8 Å². The molecule has 20 heavy (non-hydrogen) atoms. The van der Waals surface area contributed by atoms with Crippen LogP contribution in [0.5, 0.6) is 0 Å². The molecular weight excluding hydrogens is 272 g/mol. The van der Waals surface area contributed by atoms with E-state index in [4.69, 9.17) is 17.3 Å². The molecule has 0 bridgehead atoms. The van der Waals surface area contributed by atoms with Gasteiger partial charge in [0.2, 0.25) is 0 Å². The first-order valence-electron chi connectivity index (χ1n) is 6.27. The van der Waals surface area contributed by atoms with E-state index in [1.54, 1.807) is 28.8 Å². The van der Waals surface area contributed by atoms with Crippen LogP contribution in [-0.2, 0) is 6.54 Å². The number of benzene rings is 2. The van der Waals surface area contributed by atoms with Gasteiger partial charge < -0.3 is 10.3 Å². The molecule has 4 heteroatoms. The van der Waals surface area contributed by atoms with E-state index < -0.39 is 0 Å². The van der Waals surface area contributed by atoms with Crippen molar-refractivity contribution in [1.82, 2.24) is 4.57 Å². The minimum Gasteiger partial charge on any atom is -0.398 e. The average molecular weight is 285 g/mol. The molecule has 0 amide bonds. The Labute approximate surface area is 121 Å². The lowest BCUT2D eigenvalue weighted by molar-refractivity contribution is 0.797. The van der Waals surface area contributed by atoms with Crippen LogP contribution in [0.2, 0.25) is 5.02 Å². The summed E-state index contributed by atoms with van der Waals surface area (Å²) in [6.45, 7) is 0.409. The summed E-state index contributed by atoms with van der Waals surface area (Å²) >= 11 is 6.00. The Morgan fingerprint density at radius 1 is 1.05 bits per heavy atom. The van der Waals surface area contributed by atoms with E-state index in [1.165, 1.54) is 0 Å². The van der Waals surface area contributed by atoms with Gasteiger partial charge in [-0.1, -0.05) is 29.8 Å². The maximum absolute atomic E-state index is 12.1. The topological polar surface area (TPSA) is 48.0 Å². The van der Waals surface area contributed by atoms with E-state index in [0.717, 1.165) is 16.5 Å². The van der Waals surface area contributed by atoms with Gasteiger partial charge in [0.15, 0.2) is 0 Å². The first kappa shape index (κ1) is 12.8.